The van der Waals surface area contributed by atoms with Crippen molar-refractivity contribution in [1.82, 2.24) is 0 Å². The molecular formula is C11H10BrFN2O. The molecule has 5 heteroatoms. The average molecular weight is 285 g/mol. The maximum atomic E-state index is 13.3. The molecule has 84 valence electrons. The highest BCUT2D eigenvalue weighted by atomic mass is 79.9. The molecule has 0 aliphatic rings. The zero-order valence-electron chi connectivity index (χ0n) is 8.34. The fourth-order valence-electron chi connectivity index (χ4n) is 1.31. The van der Waals surface area contributed by atoms with E-state index in [2.05, 4.69) is 21.2 Å². The molecule has 1 aromatic heterocycles. The SMILES string of the molecule is Nc1cc(Br)c(F)cc1NCc1ccco1. The molecule has 0 saturated carbocycles. The maximum absolute atomic E-state index is 13.3. The monoisotopic (exact) mass is 284 g/mol. The van der Waals surface area contributed by atoms with Crippen LogP contribution in [0, 0.1) is 5.82 Å². The normalized spacial score (nSPS) is 10.4. The number of anilines is 2. The topological polar surface area (TPSA) is 51.2 Å². The summed E-state index contributed by atoms with van der Waals surface area (Å²) >= 11 is 3.07. The molecule has 0 atom stereocenters. The van der Waals surface area contributed by atoms with Gasteiger partial charge in [0.15, 0.2) is 0 Å². The highest BCUT2D eigenvalue weighted by Crippen LogP contribution is 2.26. The number of hydrogen-bond donors (Lipinski definition) is 2. The van der Waals surface area contributed by atoms with Crippen molar-refractivity contribution in [1.29, 1.82) is 0 Å². The van der Waals surface area contributed by atoms with Gasteiger partial charge in [0.1, 0.15) is 11.6 Å². The first-order valence-electron chi connectivity index (χ1n) is 4.67. The molecule has 0 radical (unpaired) electrons. The first-order chi connectivity index (χ1) is 7.66. The van der Waals surface area contributed by atoms with Crippen LogP contribution in [0.1, 0.15) is 5.76 Å². The molecule has 0 saturated heterocycles. The Labute approximate surface area is 101 Å². The summed E-state index contributed by atoms with van der Waals surface area (Å²) in [6.07, 6.45) is 1.59. The van der Waals surface area contributed by atoms with Crippen molar-refractivity contribution in [2.75, 3.05) is 11.1 Å². The third-order valence-electron chi connectivity index (χ3n) is 2.13. The standard InChI is InChI=1S/C11H10BrFN2O/c12-8-4-10(14)11(5-9(8)13)15-6-7-2-1-3-16-7/h1-5,15H,6,14H2. The van der Waals surface area contributed by atoms with Crippen LogP contribution >= 0.6 is 15.9 Å². The number of furan rings is 1. The van der Waals surface area contributed by atoms with Gasteiger partial charge in [0.05, 0.1) is 28.7 Å². The van der Waals surface area contributed by atoms with E-state index in [1.54, 1.807) is 12.3 Å². The van der Waals surface area contributed by atoms with Gasteiger partial charge >= 0.3 is 0 Å². The maximum Gasteiger partial charge on any atom is 0.139 e. The zero-order chi connectivity index (χ0) is 11.5. The fourth-order valence-corrected chi connectivity index (χ4v) is 1.67. The summed E-state index contributed by atoms with van der Waals surface area (Å²) in [6, 6.07) is 6.50. The molecule has 0 bridgehead atoms. The molecule has 2 aromatic rings. The molecule has 0 aliphatic heterocycles. The van der Waals surface area contributed by atoms with E-state index < -0.39 is 0 Å². The van der Waals surface area contributed by atoms with Gasteiger partial charge in [0.25, 0.3) is 0 Å². The van der Waals surface area contributed by atoms with Gasteiger partial charge in [-0.2, -0.15) is 0 Å². The van der Waals surface area contributed by atoms with Crippen LogP contribution in [0.2, 0.25) is 0 Å². The predicted molar refractivity (Wildman–Crippen MR) is 64.5 cm³/mol. The predicted octanol–water partition coefficient (Wildman–Crippen LogP) is 3.38. The smallest absolute Gasteiger partial charge is 0.139 e. The van der Waals surface area contributed by atoms with Gasteiger partial charge in [-0.1, -0.05) is 0 Å². The van der Waals surface area contributed by atoms with E-state index in [4.69, 9.17) is 10.2 Å². The number of rotatable bonds is 3. The van der Waals surface area contributed by atoms with Gasteiger partial charge < -0.3 is 15.5 Å². The lowest BCUT2D eigenvalue weighted by atomic mass is 10.2. The Kier molecular flexibility index (Phi) is 3.14. The number of nitrogens with one attached hydrogen (secondary N) is 1. The Morgan fingerprint density at radius 1 is 1.44 bits per heavy atom. The van der Waals surface area contributed by atoms with Gasteiger partial charge in [0.2, 0.25) is 0 Å². The summed E-state index contributed by atoms with van der Waals surface area (Å²) in [5.74, 6) is 0.416. The quantitative estimate of drug-likeness (QED) is 0.850. The van der Waals surface area contributed by atoms with E-state index in [0.717, 1.165) is 5.76 Å². The molecule has 0 fully saturated rings. The minimum Gasteiger partial charge on any atom is -0.467 e. The van der Waals surface area contributed by atoms with Crippen molar-refractivity contribution in [3.63, 3.8) is 0 Å². The summed E-state index contributed by atoms with van der Waals surface area (Å²) in [7, 11) is 0. The minimum absolute atomic E-state index is 0.351. The summed E-state index contributed by atoms with van der Waals surface area (Å²) in [5.41, 5.74) is 6.78. The van der Waals surface area contributed by atoms with E-state index in [1.165, 1.54) is 12.1 Å². The number of benzene rings is 1. The first-order valence-corrected chi connectivity index (χ1v) is 5.47. The zero-order valence-corrected chi connectivity index (χ0v) is 9.92. The average Bonchev–Trinajstić information content (AvgIpc) is 2.74. The van der Waals surface area contributed by atoms with Gasteiger partial charge in [-0.05, 0) is 34.1 Å². The Hall–Kier alpha value is -1.49. The largest absolute Gasteiger partial charge is 0.467 e. The second-order valence-electron chi connectivity index (χ2n) is 3.29. The van der Waals surface area contributed by atoms with Gasteiger partial charge in [-0.25, -0.2) is 4.39 Å². The number of nitrogens with two attached hydrogens (primary N) is 1. The van der Waals surface area contributed by atoms with Crippen LogP contribution in [0.3, 0.4) is 0 Å². The number of hydrogen-bond acceptors (Lipinski definition) is 3. The van der Waals surface area contributed by atoms with Gasteiger partial charge in [-0.3, -0.25) is 0 Å². The molecule has 2 rings (SSSR count). The minimum atomic E-state index is -0.351. The molecule has 1 heterocycles. The van der Waals surface area contributed by atoms with E-state index in [0.29, 0.717) is 22.4 Å². The lowest BCUT2D eigenvalue weighted by molar-refractivity contribution is 0.518. The van der Waals surface area contributed by atoms with E-state index in [9.17, 15) is 4.39 Å². The van der Waals surface area contributed by atoms with Gasteiger partial charge in [0, 0.05) is 6.07 Å². The molecule has 3 N–H and O–H groups in total. The first kappa shape index (κ1) is 11.0. The van der Waals surface area contributed by atoms with Gasteiger partial charge in [-0.15, -0.1) is 0 Å². The van der Waals surface area contributed by atoms with Crippen LogP contribution < -0.4 is 11.1 Å². The van der Waals surface area contributed by atoms with E-state index in [1.807, 2.05) is 6.07 Å². The molecular weight excluding hydrogens is 275 g/mol. The Balaban J connectivity index is 2.12. The molecule has 1 aromatic carbocycles. The highest BCUT2D eigenvalue weighted by Gasteiger charge is 2.06. The van der Waals surface area contributed by atoms with Crippen molar-refractivity contribution in [2.45, 2.75) is 6.54 Å². The van der Waals surface area contributed by atoms with Crippen molar-refractivity contribution in [3.8, 4) is 0 Å². The van der Waals surface area contributed by atoms with Crippen molar-refractivity contribution in [3.05, 3.63) is 46.6 Å². The molecule has 0 spiro atoms. The van der Waals surface area contributed by atoms with Crippen LogP contribution in [0.15, 0.2) is 39.4 Å². The Morgan fingerprint density at radius 2 is 2.25 bits per heavy atom. The lowest BCUT2D eigenvalue weighted by Crippen LogP contribution is -2.02. The molecule has 0 aliphatic carbocycles. The van der Waals surface area contributed by atoms with E-state index >= 15 is 0 Å². The van der Waals surface area contributed by atoms with Crippen LogP contribution in [0.5, 0.6) is 0 Å². The van der Waals surface area contributed by atoms with Crippen LogP contribution in [-0.4, -0.2) is 0 Å². The number of halogens is 2. The van der Waals surface area contributed by atoms with Crippen molar-refractivity contribution >= 4 is 27.3 Å². The summed E-state index contributed by atoms with van der Waals surface area (Å²) in [4.78, 5) is 0. The summed E-state index contributed by atoms with van der Waals surface area (Å²) in [5, 5.41) is 3.00. The van der Waals surface area contributed by atoms with Crippen LogP contribution in [0.4, 0.5) is 15.8 Å². The third-order valence-corrected chi connectivity index (χ3v) is 2.73. The second kappa shape index (κ2) is 4.57. The summed E-state index contributed by atoms with van der Waals surface area (Å²) < 4.78 is 18.8. The highest BCUT2D eigenvalue weighted by molar-refractivity contribution is 9.10. The molecule has 0 amide bonds. The van der Waals surface area contributed by atoms with Crippen molar-refractivity contribution < 1.29 is 8.81 Å². The van der Waals surface area contributed by atoms with Crippen LogP contribution in [0.25, 0.3) is 0 Å². The molecule has 3 nitrogen and oxygen atoms in total. The Bertz CT molecular complexity index is 485. The van der Waals surface area contributed by atoms with E-state index in [-0.39, 0.29) is 5.82 Å². The lowest BCUT2D eigenvalue weighted by Gasteiger charge is -2.08. The second-order valence-corrected chi connectivity index (χ2v) is 4.14. The summed E-state index contributed by atoms with van der Waals surface area (Å²) in [6.45, 7) is 0.471. The third kappa shape index (κ3) is 2.36. The molecule has 0 unspecified atom stereocenters. The van der Waals surface area contributed by atoms with Crippen LogP contribution in [-0.2, 0) is 6.54 Å². The van der Waals surface area contributed by atoms with Crippen molar-refractivity contribution in [2.24, 2.45) is 0 Å². The molecule has 16 heavy (non-hydrogen) atoms. The number of nitrogen functional groups attached to an aromatic ring is 1. The Morgan fingerprint density at radius 3 is 2.94 bits per heavy atom. The fraction of sp³-hybridized carbons (Fsp3) is 0.0909.